The Labute approximate surface area is 261 Å². The van der Waals surface area contributed by atoms with Crippen LogP contribution in [-0.2, 0) is 6.61 Å². The number of nitriles is 1. The lowest BCUT2D eigenvalue weighted by Gasteiger charge is -2.32. The van der Waals surface area contributed by atoms with Crippen molar-refractivity contribution in [2.45, 2.75) is 32.4 Å². The zero-order valence-corrected chi connectivity index (χ0v) is 25.6. The molecule has 44 heavy (non-hydrogen) atoms. The Morgan fingerprint density at radius 1 is 1.14 bits per heavy atom. The second-order valence-electron chi connectivity index (χ2n) is 11.3. The molecule has 0 aliphatic carbocycles. The third kappa shape index (κ3) is 6.07. The van der Waals surface area contributed by atoms with Crippen LogP contribution < -0.4 is 19.5 Å². The molecule has 1 amide bonds. The van der Waals surface area contributed by atoms with Crippen molar-refractivity contribution in [2.75, 3.05) is 39.1 Å². The van der Waals surface area contributed by atoms with Crippen LogP contribution in [0.25, 0.3) is 10.9 Å². The van der Waals surface area contributed by atoms with Crippen molar-refractivity contribution in [3.05, 3.63) is 76.7 Å². The number of rotatable bonds is 7. The number of aryl methyl sites for hydroxylation is 1. The van der Waals surface area contributed by atoms with Gasteiger partial charge in [0.2, 0.25) is 0 Å². The molecule has 2 aromatic heterocycles. The Hall–Kier alpha value is -4.59. The maximum Gasteiger partial charge on any atom is 0.415 e. The van der Waals surface area contributed by atoms with E-state index >= 15 is 0 Å². The molecule has 0 radical (unpaired) electrons. The number of halogens is 1. The number of fused-ring (bicyclic) bond motifs is 5. The van der Waals surface area contributed by atoms with Crippen LogP contribution in [0.15, 0.2) is 54.9 Å². The van der Waals surface area contributed by atoms with Crippen molar-refractivity contribution in [3.63, 3.8) is 0 Å². The van der Waals surface area contributed by atoms with Gasteiger partial charge in [0.25, 0.3) is 0 Å². The zero-order valence-electron chi connectivity index (χ0n) is 24.8. The Morgan fingerprint density at radius 3 is 2.75 bits per heavy atom. The van der Waals surface area contributed by atoms with E-state index in [-0.39, 0.29) is 5.75 Å². The fraction of sp³-hybridized carbons (Fsp3) is 0.333. The number of nitrogens with one attached hydrogen (secondary N) is 1. The minimum atomic E-state index is -0.408. The fourth-order valence-electron chi connectivity index (χ4n) is 5.93. The van der Waals surface area contributed by atoms with Gasteiger partial charge in [-0.1, -0.05) is 17.7 Å². The van der Waals surface area contributed by atoms with Gasteiger partial charge in [0, 0.05) is 55.6 Å². The molecule has 2 unspecified atom stereocenters. The van der Waals surface area contributed by atoms with Crippen LogP contribution in [-0.4, -0.2) is 65.7 Å². The van der Waals surface area contributed by atoms with E-state index in [1.807, 2.05) is 19.1 Å². The summed E-state index contributed by atoms with van der Waals surface area (Å²) in [5.41, 5.74) is 3.80. The first kappa shape index (κ1) is 29.5. The largest absolute Gasteiger partial charge is 0.493 e. The third-order valence-corrected chi connectivity index (χ3v) is 8.72. The summed E-state index contributed by atoms with van der Waals surface area (Å²) in [7, 11) is 3.63. The molecule has 3 fully saturated rings. The minimum Gasteiger partial charge on any atom is -0.493 e. The Morgan fingerprint density at radius 2 is 2.00 bits per heavy atom. The van der Waals surface area contributed by atoms with Gasteiger partial charge >= 0.3 is 6.09 Å². The molecule has 3 aliphatic heterocycles. The van der Waals surface area contributed by atoms with Crippen molar-refractivity contribution in [3.8, 4) is 23.3 Å². The van der Waals surface area contributed by atoms with E-state index in [0.717, 1.165) is 30.6 Å². The van der Waals surface area contributed by atoms with Gasteiger partial charge in [0.15, 0.2) is 11.5 Å². The molecule has 11 heteroatoms. The molecule has 10 nitrogen and oxygen atoms in total. The van der Waals surface area contributed by atoms with Gasteiger partial charge in [-0.25, -0.2) is 4.79 Å². The number of hydrogen-bond acceptors (Lipinski definition) is 9. The van der Waals surface area contributed by atoms with Crippen LogP contribution in [0.3, 0.4) is 0 Å². The first-order valence-electron chi connectivity index (χ1n) is 14.5. The normalized spacial score (nSPS) is 18.0. The van der Waals surface area contributed by atoms with Crippen molar-refractivity contribution in [2.24, 2.45) is 5.92 Å². The summed E-state index contributed by atoms with van der Waals surface area (Å²) in [5, 5.41) is 14.2. The molecule has 3 aliphatic rings. The summed E-state index contributed by atoms with van der Waals surface area (Å²) in [6, 6.07) is 15.1. The van der Waals surface area contributed by atoms with Gasteiger partial charge in [0.1, 0.15) is 18.4 Å². The van der Waals surface area contributed by atoms with E-state index in [4.69, 9.17) is 25.8 Å². The molecule has 2 aromatic carbocycles. The lowest BCUT2D eigenvalue weighted by Crippen LogP contribution is -2.42. The van der Waals surface area contributed by atoms with E-state index in [2.05, 4.69) is 33.3 Å². The Balaban J connectivity index is 1.24. The average molecular weight is 613 g/mol. The molecule has 226 valence electrons. The van der Waals surface area contributed by atoms with Crippen LogP contribution >= 0.6 is 11.6 Å². The highest BCUT2D eigenvalue weighted by atomic mass is 35.5. The van der Waals surface area contributed by atoms with Gasteiger partial charge in [-0.2, -0.15) is 5.26 Å². The number of hydrogen-bond donors (Lipinski definition) is 1. The van der Waals surface area contributed by atoms with E-state index in [9.17, 15) is 10.1 Å². The van der Waals surface area contributed by atoms with Crippen LogP contribution in [0, 0.1) is 24.2 Å². The van der Waals surface area contributed by atoms with E-state index in [1.54, 1.807) is 41.4 Å². The highest BCUT2D eigenvalue weighted by Crippen LogP contribution is 2.39. The minimum absolute atomic E-state index is 0.265. The van der Waals surface area contributed by atoms with Crippen LogP contribution in [0.1, 0.15) is 29.7 Å². The molecular formula is C33H33ClN6O4. The first-order valence-corrected chi connectivity index (χ1v) is 14.9. The number of methoxy groups -OCH3 is 1. The molecule has 7 rings (SSSR count). The summed E-state index contributed by atoms with van der Waals surface area (Å²) in [6.45, 7) is 4.58. The molecule has 4 aromatic rings. The first-order chi connectivity index (χ1) is 21.3. The van der Waals surface area contributed by atoms with Gasteiger partial charge < -0.3 is 29.3 Å². The lowest BCUT2D eigenvalue weighted by molar-refractivity contribution is 0.144. The quantitative estimate of drug-likeness (QED) is 0.256. The number of aromatic nitrogens is 2. The number of carbonyl (C=O) groups excluding carboxylic acids is 1. The van der Waals surface area contributed by atoms with Gasteiger partial charge in [-0.3, -0.25) is 9.97 Å². The van der Waals surface area contributed by atoms with E-state index in [0.29, 0.717) is 76.0 Å². The highest BCUT2D eigenvalue weighted by molar-refractivity contribution is 6.33. The van der Waals surface area contributed by atoms with E-state index < -0.39 is 6.09 Å². The van der Waals surface area contributed by atoms with Crippen LogP contribution in [0.2, 0.25) is 5.02 Å². The van der Waals surface area contributed by atoms with Crippen molar-refractivity contribution in [1.82, 2.24) is 19.8 Å². The summed E-state index contributed by atoms with van der Waals surface area (Å²) >= 11 is 6.65. The molecule has 3 saturated heterocycles. The second kappa shape index (κ2) is 12.6. The van der Waals surface area contributed by atoms with E-state index in [1.165, 1.54) is 13.3 Å². The number of benzene rings is 2. The molecule has 0 spiro atoms. The van der Waals surface area contributed by atoms with Crippen LogP contribution in [0.5, 0.6) is 17.2 Å². The number of likely N-dealkylation sites (N-methyl/N-ethyl adjacent to an activating group) is 1. The van der Waals surface area contributed by atoms with Gasteiger partial charge in [-0.05, 0) is 62.6 Å². The number of carbonyl (C=O) groups is 1. The maximum atomic E-state index is 13.3. The monoisotopic (exact) mass is 612 g/mol. The number of amides is 1. The number of pyridine rings is 2. The van der Waals surface area contributed by atoms with Crippen LogP contribution in [0.4, 0.5) is 16.2 Å². The molecule has 0 saturated carbocycles. The number of anilines is 2. The summed E-state index contributed by atoms with van der Waals surface area (Å²) in [6.07, 6.45) is 5.00. The zero-order chi connectivity index (χ0) is 30.8. The number of piperidine rings is 1. The maximum absolute atomic E-state index is 13.3. The Bertz CT molecular complexity index is 1760. The average Bonchev–Trinajstić information content (AvgIpc) is 3.33. The summed E-state index contributed by atoms with van der Waals surface area (Å²) in [5.74, 6) is 1.63. The molecule has 5 heterocycles. The number of ether oxygens (including phenoxy) is 3. The van der Waals surface area contributed by atoms with Crippen molar-refractivity contribution >= 4 is 40.0 Å². The van der Waals surface area contributed by atoms with Gasteiger partial charge in [-0.15, -0.1) is 0 Å². The smallest absolute Gasteiger partial charge is 0.415 e. The standard InChI is InChI=1S/C33H33ClN6O4/c1-20-5-4-10-36-29(20)19-43-24-8-9-27(26(34)11-24)38-32-22(14-35)15-37-28-13-31(30(42-3)12-25(28)32)44-33(41)40-17-21-6-7-23(18-40)39(2)16-21/h4-5,8-13,15,21,23H,6-7,16-19H2,1-3H3,(H,37,38). The topological polar surface area (TPSA) is 113 Å². The molecule has 1 N–H and O–H groups in total. The predicted molar refractivity (Wildman–Crippen MR) is 168 cm³/mol. The second-order valence-corrected chi connectivity index (χ2v) is 11.7. The predicted octanol–water partition coefficient (Wildman–Crippen LogP) is 6.32. The highest BCUT2D eigenvalue weighted by Gasteiger charge is 2.35. The summed E-state index contributed by atoms with van der Waals surface area (Å²) < 4.78 is 17.4. The fourth-order valence-corrected chi connectivity index (χ4v) is 6.14. The van der Waals surface area contributed by atoms with Crippen molar-refractivity contribution < 1.29 is 19.0 Å². The molecule has 2 bridgehead atoms. The summed E-state index contributed by atoms with van der Waals surface area (Å²) in [4.78, 5) is 26.3. The lowest BCUT2D eigenvalue weighted by atomic mass is 9.96. The SMILES string of the molecule is COc1cc2c(Nc3ccc(OCc4ncccc4C)cc3Cl)c(C#N)cnc2cc1OC(=O)N1CC2CCC(C1)N(C)C2. The molecule has 2 atom stereocenters. The third-order valence-electron chi connectivity index (χ3n) is 8.41. The Kier molecular flexibility index (Phi) is 8.42. The number of nitrogens with zero attached hydrogens (tertiary/aromatic N) is 5. The van der Waals surface area contributed by atoms with Crippen molar-refractivity contribution in [1.29, 1.82) is 5.26 Å². The molecular weight excluding hydrogens is 580 g/mol. The van der Waals surface area contributed by atoms with Gasteiger partial charge in [0.05, 0.1) is 40.3 Å².